The number of hydrazone groups is 1. The van der Waals surface area contributed by atoms with Crippen LogP contribution in [0, 0.1) is 0 Å². The molecule has 136 valence electrons. The molecule has 2 aromatic heterocycles. The van der Waals surface area contributed by atoms with E-state index in [1.807, 2.05) is 37.4 Å². The van der Waals surface area contributed by atoms with Crippen molar-refractivity contribution in [1.82, 2.24) is 9.97 Å². The molecule has 0 unspecified atom stereocenters. The Morgan fingerprint density at radius 3 is 3.07 bits per heavy atom. The lowest BCUT2D eigenvalue weighted by atomic mass is 9.97. The van der Waals surface area contributed by atoms with Crippen LogP contribution in [0.5, 0.6) is 5.75 Å². The van der Waals surface area contributed by atoms with Crippen LogP contribution in [-0.4, -0.2) is 22.3 Å². The second-order valence-corrected chi connectivity index (χ2v) is 8.01. The molecule has 3 heterocycles. The number of para-hydroxylation sites is 1. The van der Waals surface area contributed by atoms with Gasteiger partial charge in [-0.1, -0.05) is 18.2 Å². The van der Waals surface area contributed by atoms with Crippen molar-refractivity contribution in [3.8, 4) is 5.75 Å². The van der Waals surface area contributed by atoms with Crippen molar-refractivity contribution in [2.75, 3.05) is 5.43 Å². The molecule has 1 aromatic carbocycles. The summed E-state index contributed by atoms with van der Waals surface area (Å²) in [5.41, 5.74) is 6.65. The van der Waals surface area contributed by atoms with Gasteiger partial charge in [0.2, 0.25) is 0 Å². The van der Waals surface area contributed by atoms with Crippen LogP contribution >= 0.6 is 11.3 Å². The molecule has 0 radical (unpaired) electrons. The highest BCUT2D eigenvalue weighted by Crippen LogP contribution is 2.38. The zero-order valence-corrected chi connectivity index (χ0v) is 15.9. The standard InChI is InChI=1S/C21H20N4OS/c1-13-15(10-14-6-2-4-8-17(14)26-13)11-24-25-20-19-16-7-3-5-9-18(16)27-21(19)23-12-22-20/h2,4,6,8,10-13H,3,5,7,9H2,1H3,(H,22,23,25)/t13-/m0/s1. The van der Waals surface area contributed by atoms with Gasteiger partial charge in [-0.3, -0.25) is 5.43 Å². The van der Waals surface area contributed by atoms with Gasteiger partial charge in [0.1, 0.15) is 23.0 Å². The normalized spacial score (nSPS) is 18.7. The summed E-state index contributed by atoms with van der Waals surface area (Å²) in [4.78, 5) is 11.4. The molecule has 1 aliphatic heterocycles. The smallest absolute Gasteiger partial charge is 0.158 e. The average molecular weight is 376 g/mol. The number of hydrogen-bond donors (Lipinski definition) is 1. The maximum atomic E-state index is 5.97. The number of fused-ring (bicyclic) bond motifs is 4. The Morgan fingerprint density at radius 2 is 2.11 bits per heavy atom. The van der Waals surface area contributed by atoms with E-state index in [2.05, 4.69) is 26.6 Å². The molecular weight excluding hydrogens is 356 g/mol. The van der Waals surface area contributed by atoms with Crippen LogP contribution in [-0.2, 0) is 12.8 Å². The van der Waals surface area contributed by atoms with Gasteiger partial charge in [0, 0.05) is 16.0 Å². The Hall–Kier alpha value is -2.73. The number of rotatable bonds is 3. The largest absolute Gasteiger partial charge is 0.485 e. The molecule has 1 atom stereocenters. The van der Waals surface area contributed by atoms with Crippen molar-refractivity contribution in [1.29, 1.82) is 0 Å². The first-order chi connectivity index (χ1) is 13.3. The van der Waals surface area contributed by atoms with Crippen LogP contribution < -0.4 is 10.2 Å². The number of ether oxygens (including phenoxy) is 1. The van der Waals surface area contributed by atoms with Gasteiger partial charge in [-0.25, -0.2) is 9.97 Å². The third-order valence-electron chi connectivity index (χ3n) is 5.15. The minimum Gasteiger partial charge on any atom is -0.485 e. The molecule has 5 nitrogen and oxygen atoms in total. The second kappa shape index (κ2) is 6.78. The number of anilines is 1. The maximum absolute atomic E-state index is 5.97. The Kier molecular flexibility index (Phi) is 4.13. The van der Waals surface area contributed by atoms with Crippen molar-refractivity contribution < 1.29 is 4.74 Å². The molecule has 0 bridgehead atoms. The van der Waals surface area contributed by atoms with Crippen molar-refractivity contribution >= 4 is 39.7 Å². The molecule has 0 amide bonds. The second-order valence-electron chi connectivity index (χ2n) is 6.93. The van der Waals surface area contributed by atoms with Gasteiger partial charge in [-0.15, -0.1) is 11.3 Å². The van der Waals surface area contributed by atoms with Crippen molar-refractivity contribution in [3.63, 3.8) is 0 Å². The highest BCUT2D eigenvalue weighted by atomic mass is 32.1. The van der Waals surface area contributed by atoms with E-state index < -0.39 is 0 Å². The van der Waals surface area contributed by atoms with Crippen molar-refractivity contribution in [2.24, 2.45) is 5.10 Å². The third-order valence-corrected chi connectivity index (χ3v) is 6.35. The lowest BCUT2D eigenvalue weighted by Gasteiger charge is -2.22. The number of thiophene rings is 1. The van der Waals surface area contributed by atoms with Crippen LogP contribution in [0.15, 0.2) is 41.3 Å². The van der Waals surface area contributed by atoms with Crippen molar-refractivity contribution in [3.05, 3.63) is 52.2 Å². The predicted molar refractivity (Wildman–Crippen MR) is 111 cm³/mol. The van der Waals surface area contributed by atoms with E-state index in [4.69, 9.17) is 4.74 Å². The van der Waals surface area contributed by atoms with E-state index in [-0.39, 0.29) is 6.10 Å². The molecule has 0 saturated heterocycles. The molecule has 6 heteroatoms. The highest BCUT2D eigenvalue weighted by molar-refractivity contribution is 7.19. The fraction of sp³-hybridized carbons (Fsp3) is 0.286. The van der Waals surface area contributed by atoms with Gasteiger partial charge >= 0.3 is 0 Å². The number of benzene rings is 1. The van der Waals surface area contributed by atoms with Crippen LogP contribution in [0.1, 0.15) is 35.8 Å². The molecule has 3 aromatic rings. The van der Waals surface area contributed by atoms with Crippen LogP contribution in [0.2, 0.25) is 0 Å². The van der Waals surface area contributed by atoms with Crippen LogP contribution in [0.25, 0.3) is 16.3 Å². The summed E-state index contributed by atoms with van der Waals surface area (Å²) >= 11 is 1.79. The Labute approximate surface area is 161 Å². The van der Waals surface area contributed by atoms with Gasteiger partial charge in [0.15, 0.2) is 5.82 Å². The quantitative estimate of drug-likeness (QED) is 0.525. The Balaban J connectivity index is 1.43. The fourth-order valence-corrected chi connectivity index (χ4v) is 4.98. The molecular formula is C21H20N4OS. The van der Waals surface area contributed by atoms with Crippen molar-refractivity contribution in [2.45, 2.75) is 38.7 Å². The van der Waals surface area contributed by atoms with Gasteiger partial charge in [-0.05, 0) is 50.3 Å². The first-order valence-electron chi connectivity index (χ1n) is 9.31. The number of aromatic nitrogens is 2. The van der Waals surface area contributed by atoms with Crippen LogP contribution in [0.4, 0.5) is 5.82 Å². The predicted octanol–water partition coefficient (Wildman–Crippen LogP) is 4.83. The van der Waals surface area contributed by atoms with E-state index in [0.29, 0.717) is 0 Å². The summed E-state index contributed by atoms with van der Waals surface area (Å²) in [6.45, 7) is 2.03. The van der Waals surface area contributed by atoms with E-state index in [1.165, 1.54) is 23.3 Å². The fourth-order valence-electron chi connectivity index (χ4n) is 3.75. The van der Waals surface area contributed by atoms with Gasteiger partial charge in [-0.2, -0.15) is 5.10 Å². The van der Waals surface area contributed by atoms with E-state index in [1.54, 1.807) is 17.7 Å². The van der Waals surface area contributed by atoms with Gasteiger partial charge in [0.25, 0.3) is 0 Å². The highest BCUT2D eigenvalue weighted by Gasteiger charge is 2.20. The molecule has 2 aliphatic rings. The topological polar surface area (TPSA) is 59.4 Å². The zero-order chi connectivity index (χ0) is 18.2. The molecule has 27 heavy (non-hydrogen) atoms. The van der Waals surface area contributed by atoms with E-state index in [9.17, 15) is 0 Å². The Bertz CT molecular complexity index is 1070. The summed E-state index contributed by atoms with van der Waals surface area (Å²) in [5.74, 6) is 1.71. The lowest BCUT2D eigenvalue weighted by molar-refractivity contribution is 0.260. The van der Waals surface area contributed by atoms with Crippen LogP contribution in [0.3, 0.4) is 0 Å². The van der Waals surface area contributed by atoms with Gasteiger partial charge < -0.3 is 4.74 Å². The number of aryl methyl sites for hydroxylation is 2. The monoisotopic (exact) mass is 376 g/mol. The lowest BCUT2D eigenvalue weighted by Crippen LogP contribution is -2.19. The summed E-state index contributed by atoms with van der Waals surface area (Å²) in [7, 11) is 0. The number of hydrogen-bond acceptors (Lipinski definition) is 6. The molecule has 1 N–H and O–H groups in total. The van der Waals surface area contributed by atoms with E-state index >= 15 is 0 Å². The SMILES string of the molecule is C[C@@H]1Oc2ccccc2C=C1C=NNc1ncnc2sc3c(c12)CCCC3. The summed E-state index contributed by atoms with van der Waals surface area (Å²) in [5, 5.41) is 5.60. The maximum Gasteiger partial charge on any atom is 0.158 e. The Morgan fingerprint density at radius 1 is 1.22 bits per heavy atom. The zero-order valence-electron chi connectivity index (χ0n) is 15.1. The average Bonchev–Trinajstić information content (AvgIpc) is 3.08. The van der Waals surface area contributed by atoms with Gasteiger partial charge in [0.05, 0.1) is 11.6 Å². The minimum absolute atomic E-state index is 0.0372. The third kappa shape index (κ3) is 3.00. The first kappa shape index (κ1) is 16.4. The molecule has 1 aliphatic carbocycles. The molecule has 5 rings (SSSR count). The molecule has 0 fully saturated rings. The summed E-state index contributed by atoms with van der Waals surface area (Å²) in [6.07, 6.45) is 10.3. The first-order valence-corrected chi connectivity index (χ1v) is 10.1. The summed E-state index contributed by atoms with van der Waals surface area (Å²) in [6, 6.07) is 8.04. The number of nitrogens with one attached hydrogen (secondary N) is 1. The van der Waals surface area contributed by atoms with E-state index in [0.717, 1.165) is 45.8 Å². The molecule has 0 saturated carbocycles. The summed E-state index contributed by atoms with van der Waals surface area (Å²) < 4.78 is 5.97. The minimum atomic E-state index is -0.0372. The molecule has 0 spiro atoms. The number of nitrogens with zero attached hydrogens (tertiary/aromatic N) is 3.